The number of thiocarbonyl (C=S) groups is 1. The quantitative estimate of drug-likeness (QED) is 0.256. The number of rotatable bonds is 8. The average molecular weight is 538 g/mol. The van der Waals surface area contributed by atoms with Crippen molar-refractivity contribution in [2.75, 3.05) is 11.9 Å². The van der Waals surface area contributed by atoms with Crippen LogP contribution in [-0.4, -0.2) is 32.0 Å². The molecule has 1 amide bonds. The third-order valence-corrected chi connectivity index (χ3v) is 7.83. The number of nitrogens with zero attached hydrogens (tertiary/aromatic N) is 3. The number of anilines is 1. The van der Waals surface area contributed by atoms with E-state index >= 15 is 0 Å². The lowest BCUT2D eigenvalue weighted by atomic mass is 9.96. The molecule has 0 radical (unpaired) electrons. The summed E-state index contributed by atoms with van der Waals surface area (Å²) < 4.78 is 2.34. The van der Waals surface area contributed by atoms with Crippen LogP contribution in [0.3, 0.4) is 0 Å². The Hall–Kier alpha value is -3.97. The van der Waals surface area contributed by atoms with Crippen molar-refractivity contribution < 1.29 is 4.79 Å². The molecule has 2 aromatic heterocycles. The molecule has 200 valence electrons. The molecule has 2 aromatic carbocycles. The standard InChI is InChI=1S/C32H35N5OS/c1-5-24-12-6-7-15-28(24)37-22(3)20-26(23(37)4)31-30(27-14-8-9-17-33-27)35-32(39)36(31)18-16-29(38)34-25-13-10-11-21(2)19-25/h6-15,17,19-20,30-31H,5,16,18H2,1-4H3,(H,34,38)(H,35,39)/t30-,31+/m1/s1. The maximum atomic E-state index is 12.9. The molecule has 3 heterocycles. The maximum absolute atomic E-state index is 12.9. The maximum Gasteiger partial charge on any atom is 0.226 e. The fraction of sp³-hybridized carbons (Fsp3) is 0.281. The Morgan fingerprint density at radius 1 is 1.03 bits per heavy atom. The van der Waals surface area contributed by atoms with Crippen LogP contribution in [-0.2, 0) is 11.2 Å². The first-order valence-electron chi connectivity index (χ1n) is 13.5. The molecule has 6 nitrogen and oxygen atoms in total. The lowest BCUT2D eigenvalue weighted by Crippen LogP contribution is -2.32. The fourth-order valence-electron chi connectivity index (χ4n) is 5.64. The van der Waals surface area contributed by atoms with Crippen molar-refractivity contribution in [2.45, 2.75) is 52.6 Å². The van der Waals surface area contributed by atoms with Crippen molar-refractivity contribution in [2.24, 2.45) is 0 Å². The average Bonchev–Trinajstić information content (AvgIpc) is 3.42. The van der Waals surface area contributed by atoms with E-state index in [9.17, 15) is 4.79 Å². The van der Waals surface area contributed by atoms with Gasteiger partial charge in [0.05, 0.1) is 17.8 Å². The minimum absolute atomic E-state index is 0.0363. The topological polar surface area (TPSA) is 62.2 Å². The number of amides is 1. The van der Waals surface area contributed by atoms with Gasteiger partial charge in [-0.1, -0.05) is 43.3 Å². The Morgan fingerprint density at radius 2 is 1.82 bits per heavy atom. The minimum atomic E-state index is -0.131. The third kappa shape index (κ3) is 5.45. The highest BCUT2D eigenvalue weighted by Gasteiger charge is 2.41. The van der Waals surface area contributed by atoms with Gasteiger partial charge in [-0.05, 0) is 92.5 Å². The first kappa shape index (κ1) is 26.6. The van der Waals surface area contributed by atoms with E-state index in [4.69, 9.17) is 12.2 Å². The fourth-order valence-corrected chi connectivity index (χ4v) is 5.97. The summed E-state index contributed by atoms with van der Waals surface area (Å²) in [7, 11) is 0. The van der Waals surface area contributed by atoms with Gasteiger partial charge in [-0.25, -0.2) is 0 Å². The zero-order chi connectivity index (χ0) is 27.5. The summed E-state index contributed by atoms with van der Waals surface area (Å²) in [6.45, 7) is 9.02. The summed E-state index contributed by atoms with van der Waals surface area (Å²) in [6, 6.07) is 24.4. The molecule has 0 unspecified atom stereocenters. The number of carbonyl (C=O) groups is 1. The molecule has 1 saturated heterocycles. The monoisotopic (exact) mass is 537 g/mol. The van der Waals surface area contributed by atoms with Crippen LogP contribution in [0.25, 0.3) is 5.69 Å². The van der Waals surface area contributed by atoms with Crippen LogP contribution in [0.1, 0.15) is 59.2 Å². The second-order valence-electron chi connectivity index (χ2n) is 10.1. The van der Waals surface area contributed by atoms with Gasteiger partial charge in [0.2, 0.25) is 5.91 Å². The number of hydrogen-bond acceptors (Lipinski definition) is 3. The molecule has 7 heteroatoms. The molecule has 1 aliphatic rings. The molecule has 5 rings (SSSR count). The lowest BCUT2D eigenvalue weighted by molar-refractivity contribution is -0.116. The molecule has 4 aromatic rings. The molecule has 1 aliphatic heterocycles. The SMILES string of the molecule is CCc1ccccc1-n1c(C)cc([C@H]2[C@@H](c3ccccn3)NC(=S)N2CCC(=O)Nc2cccc(C)c2)c1C. The van der Waals surface area contributed by atoms with E-state index in [2.05, 4.69) is 76.2 Å². The third-order valence-electron chi connectivity index (χ3n) is 7.48. The predicted octanol–water partition coefficient (Wildman–Crippen LogP) is 6.36. The highest BCUT2D eigenvalue weighted by Crippen LogP contribution is 2.41. The highest BCUT2D eigenvalue weighted by atomic mass is 32.1. The number of aryl methyl sites for hydroxylation is 3. The van der Waals surface area contributed by atoms with Gasteiger partial charge in [0.15, 0.2) is 5.11 Å². The van der Waals surface area contributed by atoms with Gasteiger partial charge in [0.1, 0.15) is 0 Å². The molecule has 39 heavy (non-hydrogen) atoms. The predicted molar refractivity (Wildman–Crippen MR) is 161 cm³/mol. The summed E-state index contributed by atoms with van der Waals surface area (Å²) in [5, 5.41) is 7.19. The summed E-state index contributed by atoms with van der Waals surface area (Å²) in [4.78, 5) is 19.8. The van der Waals surface area contributed by atoms with Gasteiger partial charge >= 0.3 is 0 Å². The summed E-state index contributed by atoms with van der Waals surface area (Å²) >= 11 is 5.86. The molecule has 1 fully saturated rings. The Labute approximate surface area is 236 Å². The number of nitrogens with one attached hydrogen (secondary N) is 2. The molecule has 2 atom stereocenters. The highest BCUT2D eigenvalue weighted by molar-refractivity contribution is 7.80. The van der Waals surface area contributed by atoms with Gasteiger partial charge in [0.25, 0.3) is 0 Å². The number of carbonyl (C=O) groups excluding carboxylic acids is 1. The molecule has 0 spiro atoms. The molecule has 0 saturated carbocycles. The van der Waals surface area contributed by atoms with Crippen LogP contribution in [0.2, 0.25) is 0 Å². The zero-order valence-corrected chi connectivity index (χ0v) is 23.8. The van der Waals surface area contributed by atoms with Crippen LogP contribution in [0.15, 0.2) is 79.0 Å². The van der Waals surface area contributed by atoms with E-state index < -0.39 is 0 Å². The van der Waals surface area contributed by atoms with E-state index in [1.807, 2.05) is 55.6 Å². The van der Waals surface area contributed by atoms with Crippen molar-refractivity contribution in [3.8, 4) is 5.69 Å². The number of hydrogen-bond donors (Lipinski definition) is 2. The molecular weight excluding hydrogens is 502 g/mol. The Bertz CT molecular complexity index is 1500. The number of para-hydroxylation sites is 1. The van der Waals surface area contributed by atoms with Crippen LogP contribution >= 0.6 is 12.2 Å². The Kier molecular flexibility index (Phi) is 7.79. The van der Waals surface area contributed by atoms with Gasteiger partial charge in [-0.3, -0.25) is 9.78 Å². The van der Waals surface area contributed by atoms with E-state index in [1.165, 1.54) is 22.5 Å². The van der Waals surface area contributed by atoms with Gasteiger partial charge in [-0.2, -0.15) is 0 Å². The van der Waals surface area contributed by atoms with Crippen molar-refractivity contribution >= 4 is 28.9 Å². The number of aromatic nitrogens is 2. The summed E-state index contributed by atoms with van der Waals surface area (Å²) in [6.07, 6.45) is 3.09. The first-order valence-corrected chi connectivity index (χ1v) is 13.9. The molecule has 0 aliphatic carbocycles. The first-order chi connectivity index (χ1) is 18.9. The largest absolute Gasteiger partial charge is 0.352 e. The van der Waals surface area contributed by atoms with E-state index in [1.54, 1.807) is 0 Å². The van der Waals surface area contributed by atoms with Gasteiger partial charge in [-0.15, -0.1) is 0 Å². The zero-order valence-electron chi connectivity index (χ0n) is 22.9. The lowest BCUT2D eigenvalue weighted by Gasteiger charge is -2.28. The van der Waals surface area contributed by atoms with Crippen molar-refractivity contribution in [3.63, 3.8) is 0 Å². The number of benzene rings is 2. The minimum Gasteiger partial charge on any atom is -0.352 e. The second kappa shape index (κ2) is 11.4. The molecule has 0 bridgehead atoms. The van der Waals surface area contributed by atoms with Gasteiger partial charge in [0, 0.05) is 41.9 Å². The number of pyridine rings is 1. The summed E-state index contributed by atoms with van der Waals surface area (Å²) in [5.41, 5.74) is 8.86. The summed E-state index contributed by atoms with van der Waals surface area (Å²) in [5.74, 6) is -0.0363. The van der Waals surface area contributed by atoms with Crippen LogP contribution in [0.5, 0.6) is 0 Å². The van der Waals surface area contributed by atoms with Crippen LogP contribution < -0.4 is 10.6 Å². The van der Waals surface area contributed by atoms with E-state index in [0.717, 1.165) is 29.1 Å². The van der Waals surface area contributed by atoms with E-state index in [0.29, 0.717) is 18.1 Å². The van der Waals surface area contributed by atoms with Crippen molar-refractivity contribution in [1.29, 1.82) is 0 Å². The Morgan fingerprint density at radius 3 is 2.56 bits per heavy atom. The normalized spacial score (nSPS) is 16.8. The molecular formula is C32H35N5OS. The van der Waals surface area contributed by atoms with E-state index in [-0.39, 0.29) is 18.0 Å². The Balaban J connectivity index is 1.49. The second-order valence-corrected chi connectivity index (χ2v) is 10.5. The smallest absolute Gasteiger partial charge is 0.226 e. The van der Waals surface area contributed by atoms with Gasteiger partial charge < -0.3 is 20.1 Å². The van der Waals surface area contributed by atoms with Crippen LogP contribution in [0, 0.1) is 20.8 Å². The van der Waals surface area contributed by atoms with Crippen LogP contribution in [0.4, 0.5) is 5.69 Å². The molecule has 2 N–H and O–H groups in total. The van der Waals surface area contributed by atoms with Crippen molar-refractivity contribution in [1.82, 2.24) is 19.8 Å². The van der Waals surface area contributed by atoms with Crippen molar-refractivity contribution in [3.05, 3.63) is 113 Å².